The third-order valence-electron chi connectivity index (χ3n) is 6.63. The molecule has 38 heavy (non-hydrogen) atoms. The van der Waals surface area contributed by atoms with Gasteiger partial charge in [-0.2, -0.15) is 4.31 Å². The van der Waals surface area contributed by atoms with Gasteiger partial charge in [0, 0.05) is 13.0 Å². The number of aliphatic hydroxyl groups is 1. The molecule has 1 N–H and O–H groups in total. The summed E-state index contributed by atoms with van der Waals surface area (Å²) in [7, 11) is -3.98. The zero-order valence-corrected chi connectivity index (χ0v) is 23.7. The number of hydrogen-bond donors (Lipinski definition) is 1. The van der Waals surface area contributed by atoms with Crippen molar-refractivity contribution in [1.82, 2.24) is 4.31 Å². The Balaban J connectivity index is 2.06. The van der Waals surface area contributed by atoms with E-state index in [0.29, 0.717) is 24.0 Å². The maximum atomic E-state index is 14.4. The minimum Gasteiger partial charge on any atom is -0.456 e. The number of carbonyl (C=O) groups is 1. The summed E-state index contributed by atoms with van der Waals surface area (Å²) >= 11 is 0. The van der Waals surface area contributed by atoms with Gasteiger partial charge in [0.05, 0.1) is 17.0 Å². The molecule has 0 aliphatic carbocycles. The summed E-state index contributed by atoms with van der Waals surface area (Å²) in [5, 5.41) is 9.56. The second-order valence-electron chi connectivity index (χ2n) is 10.1. The average molecular weight is 538 g/mol. The van der Waals surface area contributed by atoms with Gasteiger partial charge in [0.2, 0.25) is 10.0 Å². The van der Waals surface area contributed by atoms with E-state index in [9.17, 15) is 18.3 Å². The Morgan fingerprint density at radius 1 is 0.921 bits per heavy atom. The van der Waals surface area contributed by atoms with Crippen LogP contribution in [0.1, 0.15) is 67.0 Å². The van der Waals surface area contributed by atoms with Crippen molar-refractivity contribution in [2.75, 3.05) is 0 Å². The van der Waals surface area contributed by atoms with E-state index in [1.165, 1.54) is 4.31 Å². The van der Waals surface area contributed by atoms with Crippen molar-refractivity contribution in [2.24, 2.45) is 0 Å². The van der Waals surface area contributed by atoms with E-state index in [1.807, 2.05) is 93.6 Å². The Bertz CT molecular complexity index is 1280. The molecule has 6 nitrogen and oxygen atoms in total. The van der Waals surface area contributed by atoms with Gasteiger partial charge in [-0.3, -0.25) is 4.79 Å². The molecule has 0 bridgehead atoms. The summed E-state index contributed by atoms with van der Waals surface area (Å²) in [6.45, 7) is 9.18. The van der Waals surface area contributed by atoms with E-state index in [0.717, 1.165) is 16.7 Å². The van der Waals surface area contributed by atoms with Crippen LogP contribution in [0.4, 0.5) is 0 Å². The largest absolute Gasteiger partial charge is 0.456 e. The summed E-state index contributed by atoms with van der Waals surface area (Å²) in [4.78, 5) is 13.2. The molecule has 0 saturated heterocycles. The molecule has 204 valence electrons. The number of hydrogen-bond acceptors (Lipinski definition) is 5. The quantitative estimate of drug-likeness (QED) is 0.285. The number of ether oxygens (including phenoxy) is 1. The molecule has 0 aliphatic rings. The monoisotopic (exact) mass is 537 g/mol. The van der Waals surface area contributed by atoms with Crippen LogP contribution in [0.5, 0.6) is 0 Å². The molecule has 0 radical (unpaired) electrons. The zero-order chi connectivity index (χ0) is 27.9. The number of aryl methyl sites for hydroxylation is 3. The minimum absolute atomic E-state index is 0.125. The summed E-state index contributed by atoms with van der Waals surface area (Å²) in [6, 6.07) is 21.7. The summed E-state index contributed by atoms with van der Waals surface area (Å²) in [5.74, 6) is -0.425. The molecule has 0 heterocycles. The fraction of sp³-hybridized carbons (Fsp3) is 0.387. The molecule has 7 heteroatoms. The van der Waals surface area contributed by atoms with Gasteiger partial charge in [0.15, 0.2) is 0 Å². The predicted octanol–water partition coefficient (Wildman–Crippen LogP) is 6.03. The van der Waals surface area contributed by atoms with Gasteiger partial charge in [-0.05, 0) is 69.7 Å². The normalized spacial score (nSPS) is 14.2. The number of nitrogens with zero attached hydrogens (tertiary/aromatic N) is 1. The van der Waals surface area contributed by atoms with E-state index < -0.39 is 34.2 Å². The summed E-state index contributed by atoms with van der Waals surface area (Å²) in [5.41, 5.74) is 3.91. The highest BCUT2D eigenvalue weighted by Crippen LogP contribution is 2.33. The third-order valence-corrected chi connectivity index (χ3v) is 8.87. The van der Waals surface area contributed by atoms with Crippen molar-refractivity contribution >= 4 is 16.0 Å². The predicted molar refractivity (Wildman–Crippen MR) is 150 cm³/mol. The highest BCUT2D eigenvalue weighted by atomic mass is 32.2. The van der Waals surface area contributed by atoms with Crippen molar-refractivity contribution in [3.63, 3.8) is 0 Å². The van der Waals surface area contributed by atoms with Gasteiger partial charge in [-0.15, -0.1) is 0 Å². The first-order valence-corrected chi connectivity index (χ1v) is 14.5. The SMILES string of the molecule is Cc1cc(C)c(S(=O)(=O)N(Cc2ccccc2)[C@@H](C)[C@H](OC(=O)CCCC(C)O)c2ccccc2)c(C)c1. The van der Waals surface area contributed by atoms with Crippen LogP contribution >= 0.6 is 0 Å². The van der Waals surface area contributed by atoms with E-state index in [4.69, 9.17) is 4.74 Å². The number of benzene rings is 3. The lowest BCUT2D eigenvalue weighted by Gasteiger charge is -2.34. The molecule has 1 unspecified atom stereocenters. The molecule has 0 amide bonds. The van der Waals surface area contributed by atoms with Crippen molar-refractivity contribution in [3.8, 4) is 0 Å². The fourth-order valence-electron chi connectivity index (χ4n) is 4.88. The maximum absolute atomic E-state index is 14.4. The standard InChI is InChI=1S/C31H39NO5S/c1-22-19-23(2)31(24(3)20-22)38(35,36)32(21-27-14-8-6-9-15-27)26(5)30(28-16-10-7-11-17-28)37-29(34)18-12-13-25(4)33/h6-11,14-17,19-20,25-26,30,33H,12-13,18,21H2,1-5H3/t25?,26-,30-/m0/s1. The van der Waals surface area contributed by atoms with Crippen molar-refractivity contribution in [2.45, 2.75) is 83.6 Å². The average Bonchev–Trinajstić information content (AvgIpc) is 2.85. The molecule has 3 aromatic rings. The number of esters is 1. The lowest BCUT2D eigenvalue weighted by molar-refractivity contribution is -0.152. The van der Waals surface area contributed by atoms with Gasteiger partial charge in [0.25, 0.3) is 0 Å². The van der Waals surface area contributed by atoms with E-state index >= 15 is 0 Å². The summed E-state index contributed by atoms with van der Waals surface area (Å²) in [6.07, 6.45) is -0.205. The second kappa shape index (κ2) is 13.2. The van der Waals surface area contributed by atoms with E-state index in [-0.39, 0.29) is 17.9 Å². The van der Waals surface area contributed by atoms with Crippen LogP contribution < -0.4 is 0 Å². The topological polar surface area (TPSA) is 83.9 Å². The van der Waals surface area contributed by atoms with Gasteiger partial charge in [0.1, 0.15) is 6.10 Å². The lowest BCUT2D eigenvalue weighted by Crippen LogP contribution is -2.43. The Kier molecular flexibility index (Phi) is 10.3. The van der Waals surface area contributed by atoms with E-state index in [2.05, 4.69) is 0 Å². The molecule has 3 aromatic carbocycles. The van der Waals surface area contributed by atoms with Crippen LogP contribution in [-0.4, -0.2) is 35.9 Å². The molecule has 0 fully saturated rings. The first-order chi connectivity index (χ1) is 18.0. The second-order valence-corrected chi connectivity index (χ2v) is 11.9. The fourth-order valence-corrected chi connectivity index (χ4v) is 6.92. The lowest BCUT2D eigenvalue weighted by atomic mass is 10.0. The molecular formula is C31H39NO5S. The van der Waals surface area contributed by atoms with Crippen molar-refractivity contribution < 1.29 is 23.1 Å². The molecule has 3 rings (SSSR count). The van der Waals surface area contributed by atoms with Crippen LogP contribution in [0.2, 0.25) is 0 Å². The molecule has 0 spiro atoms. The van der Waals surface area contributed by atoms with E-state index in [1.54, 1.807) is 13.8 Å². The van der Waals surface area contributed by atoms with Crippen LogP contribution in [0.25, 0.3) is 0 Å². The van der Waals surface area contributed by atoms with Gasteiger partial charge in [-0.25, -0.2) is 8.42 Å². The number of sulfonamides is 1. The molecule has 0 saturated carbocycles. The van der Waals surface area contributed by atoms with Crippen LogP contribution in [0.15, 0.2) is 77.7 Å². The molecule has 3 atom stereocenters. The van der Waals surface area contributed by atoms with Crippen LogP contribution in [0, 0.1) is 20.8 Å². The van der Waals surface area contributed by atoms with Crippen molar-refractivity contribution in [1.29, 1.82) is 0 Å². The molecule has 0 aromatic heterocycles. The molecule has 0 aliphatic heterocycles. The Morgan fingerprint density at radius 2 is 1.47 bits per heavy atom. The number of carbonyl (C=O) groups excluding carboxylic acids is 1. The number of rotatable bonds is 12. The Hall–Kier alpha value is -3.00. The first-order valence-electron chi connectivity index (χ1n) is 13.1. The third kappa shape index (κ3) is 7.53. The van der Waals surface area contributed by atoms with Crippen LogP contribution in [0.3, 0.4) is 0 Å². The first kappa shape index (κ1) is 29.6. The number of aliphatic hydroxyl groups excluding tert-OH is 1. The highest BCUT2D eigenvalue weighted by Gasteiger charge is 2.37. The smallest absolute Gasteiger partial charge is 0.306 e. The van der Waals surface area contributed by atoms with Crippen molar-refractivity contribution in [3.05, 3.63) is 101 Å². The molecular weight excluding hydrogens is 498 g/mol. The Morgan fingerprint density at radius 3 is 2.03 bits per heavy atom. The maximum Gasteiger partial charge on any atom is 0.306 e. The minimum atomic E-state index is -3.98. The highest BCUT2D eigenvalue weighted by molar-refractivity contribution is 7.89. The van der Waals surface area contributed by atoms with Gasteiger partial charge >= 0.3 is 5.97 Å². The summed E-state index contributed by atoms with van der Waals surface area (Å²) < 4.78 is 36.1. The zero-order valence-electron chi connectivity index (χ0n) is 22.9. The van der Waals surface area contributed by atoms with Gasteiger partial charge < -0.3 is 9.84 Å². The van der Waals surface area contributed by atoms with Crippen LogP contribution in [-0.2, 0) is 26.1 Å². The van der Waals surface area contributed by atoms with Gasteiger partial charge in [-0.1, -0.05) is 78.4 Å². The Labute approximate surface area is 227 Å².